The summed E-state index contributed by atoms with van der Waals surface area (Å²) in [7, 11) is 0. The Balaban J connectivity index is 2.84. The van der Waals surface area contributed by atoms with Crippen molar-refractivity contribution in [3.63, 3.8) is 0 Å². The third kappa shape index (κ3) is 1.48. The molecule has 0 saturated heterocycles. The Morgan fingerprint density at radius 2 is 2.00 bits per heavy atom. The molecule has 0 bridgehead atoms. The molecule has 0 unspecified atom stereocenters. The highest BCUT2D eigenvalue weighted by molar-refractivity contribution is 9.18. The van der Waals surface area contributed by atoms with E-state index >= 15 is 0 Å². The number of rotatable bonds is 1. The van der Waals surface area contributed by atoms with Gasteiger partial charge in [0.25, 0.3) is 5.56 Å². The largest absolute Gasteiger partial charge is 0.321 e. The first-order valence-corrected chi connectivity index (χ1v) is 4.79. The van der Waals surface area contributed by atoms with Crippen LogP contribution < -0.4 is 5.56 Å². The van der Waals surface area contributed by atoms with Gasteiger partial charge in [-0.1, -0.05) is 18.2 Å². The van der Waals surface area contributed by atoms with E-state index in [0.717, 1.165) is 10.9 Å². The molecule has 0 saturated carbocycles. The molecule has 1 N–H and O–H groups in total. The molecular weight excluding hydrogens is 246 g/mol. The van der Waals surface area contributed by atoms with Crippen LogP contribution in [-0.4, -0.2) is 9.68 Å². The summed E-state index contributed by atoms with van der Waals surface area (Å²) in [6.45, 7) is 0. The van der Waals surface area contributed by atoms with E-state index in [4.69, 9.17) is 0 Å². The predicted molar refractivity (Wildman–Crippen MR) is 57.8 cm³/mol. The van der Waals surface area contributed by atoms with E-state index in [0.29, 0.717) is 0 Å². The van der Waals surface area contributed by atoms with Crippen LogP contribution in [-0.2, 0) is 0 Å². The average molecular weight is 252 g/mol. The molecule has 1 aromatic heterocycles. The molecule has 0 aliphatic rings. The van der Waals surface area contributed by atoms with E-state index < -0.39 is 4.69 Å². The van der Waals surface area contributed by atoms with E-state index in [1.807, 2.05) is 18.2 Å². The number of aromatic nitrogens is 1. The Kier molecular flexibility index (Phi) is 2.21. The van der Waals surface area contributed by atoms with Gasteiger partial charge in [-0.25, -0.2) is 0 Å². The number of nitrogens with one attached hydrogen (secondary N) is 1. The second-order valence-corrected chi connectivity index (χ2v) is 3.59. The number of hydrogen-bond acceptors (Lipinski definition) is 2. The minimum absolute atomic E-state index is 0.128. The number of hydrogen-bond donors (Lipinski definition) is 1. The summed E-state index contributed by atoms with van der Waals surface area (Å²) in [6.07, 6.45) is 0. The van der Waals surface area contributed by atoms with Crippen LogP contribution in [0.15, 0.2) is 35.1 Å². The van der Waals surface area contributed by atoms with E-state index in [1.54, 1.807) is 12.1 Å². The Bertz CT molecular complexity index is 559. The number of carbonyl (C=O) groups excluding carboxylic acids is 1. The quantitative estimate of drug-likeness (QED) is 0.790. The fourth-order valence-electron chi connectivity index (χ4n) is 1.29. The van der Waals surface area contributed by atoms with E-state index in [1.165, 1.54) is 0 Å². The zero-order valence-electron chi connectivity index (χ0n) is 7.08. The van der Waals surface area contributed by atoms with Crippen molar-refractivity contribution in [2.45, 2.75) is 0 Å². The lowest BCUT2D eigenvalue weighted by molar-refractivity contribution is 0.109. The molecule has 0 atom stereocenters. The van der Waals surface area contributed by atoms with Crippen molar-refractivity contribution < 1.29 is 4.79 Å². The molecule has 1 heterocycles. The van der Waals surface area contributed by atoms with Crippen molar-refractivity contribution in [2.75, 3.05) is 0 Å². The van der Waals surface area contributed by atoms with Gasteiger partial charge in [-0.15, -0.1) is 0 Å². The maximum absolute atomic E-state index is 11.4. The van der Waals surface area contributed by atoms with Gasteiger partial charge in [0.15, 0.2) is 0 Å². The van der Waals surface area contributed by atoms with Crippen molar-refractivity contribution in [3.8, 4) is 0 Å². The molecule has 0 fully saturated rings. The number of benzene rings is 1. The SMILES string of the molecule is O=C(Br)c1cc2ccccc2[nH]c1=O. The second kappa shape index (κ2) is 3.38. The highest BCUT2D eigenvalue weighted by atomic mass is 79.9. The third-order valence-electron chi connectivity index (χ3n) is 1.97. The minimum atomic E-state index is -0.399. The van der Waals surface area contributed by atoms with Crippen LogP contribution in [0, 0.1) is 0 Å². The van der Waals surface area contributed by atoms with Gasteiger partial charge in [0.05, 0.1) is 5.56 Å². The van der Waals surface area contributed by atoms with E-state index in [2.05, 4.69) is 20.9 Å². The molecule has 0 aliphatic carbocycles. The van der Waals surface area contributed by atoms with Crippen LogP contribution in [0.25, 0.3) is 10.9 Å². The summed E-state index contributed by atoms with van der Waals surface area (Å²) in [5.41, 5.74) is 0.490. The van der Waals surface area contributed by atoms with Crippen molar-refractivity contribution in [1.29, 1.82) is 0 Å². The normalized spacial score (nSPS) is 10.4. The molecule has 2 rings (SSSR count). The van der Waals surface area contributed by atoms with Gasteiger partial charge in [0.2, 0.25) is 4.69 Å². The Labute approximate surface area is 87.9 Å². The molecule has 3 nitrogen and oxygen atoms in total. The molecule has 0 aliphatic heterocycles. The zero-order valence-corrected chi connectivity index (χ0v) is 8.67. The Morgan fingerprint density at radius 3 is 2.71 bits per heavy atom. The predicted octanol–water partition coefficient (Wildman–Crippen LogP) is 2.06. The standard InChI is InChI=1S/C10H6BrNO2/c11-9(13)7-5-6-3-1-2-4-8(6)12-10(7)14/h1-5H,(H,12,14). The van der Waals surface area contributed by atoms with Crippen molar-refractivity contribution in [2.24, 2.45) is 0 Å². The van der Waals surface area contributed by atoms with Crippen molar-refractivity contribution in [3.05, 3.63) is 46.2 Å². The average Bonchev–Trinajstić information content (AvgIpc) is 2.16. The first-order chi connectivity index (χ1) is 6.68. The first-order valence-electron chi connectivity index (χ1n) is 4.00. The van der Waals surface area contributed by atoms with Crippen LogP contribution in [0.2, 0.25) is 0 Å². The fraction of sp³-hybridized carbons (Fsp3) is 0. The van der Waals surface area contributed by atoms with E-state index in [-0.39, 0.29) is 11.1 Å². The first kappa shape index (κ1) is 9.15. The maximum Gasteiger partial charge on any atom is 0.260 e. The van der Waals surface area contributed by atoms with Gasteiger partial charge in [-0.3, -0.25) is 9.59 Å². The van der Waals surface area contributed by atoms with Crippen LogP contribution in [0.4, 0.5) is 0 Å². The van der Waals surface area contributed by atoms with Crippen LogP contribution in [0.5, 0.6) is 0 Å². The zero-order chi connectivity index (χ0) is 10.1. The smallest absolute Gasteiger partial charge is 0.260 e. The highest BCUT2D eigenvalue weighted by Crippen LogP contribution is 2.11. The molecule has 0 radical (unpaired) electrons. The molecule has 70 valence electrons. The van der Waals surface area contributed by atoms with Crippen LogP contribution >= 0.6 is 15.9 Å². The van der Waals surface area contributed by atoms with Gasteiger partial charge in [0, 0.05) is 5.52 Å². The second-order valence-electron chi connectivity index (χ2n) is 2.87. The number of fused-ring (bicyclic) bond motifs is 1. The fourth-order valence-corrected chi connectivity index (χ4v) is 1.59. The summed E-state index contributed by atoms with van der Waals surface area (Å²) in [5, 5.41) is 0.843. The van der Waals surface area contributed by atoms with Crippen molar-refractivity contribution >= 4 is 31.5 Å². The molecule has 0 amide bonds. The van der Waals surface area contributed by atoms with Gasteiger partial charge >= 0.3 is 0 Å². The Hall–Kier alpha value is -1.42. The van der Waals surface area contributed by atoms with E-state index in [9.17, 15) is 9.59 Å². The lowest BCUT2D eigenvalue weighted by Gasteiger charge is -1.98. The van der Waals surface area contributed by atoms with Gasteiger partial charge in [-0.2, -0.15) is 0 Å². The molecular formula is C10H6BrNO2. The maximum atomic E-state index is 11.4. The van der Waals surface area contributed by atoms with Gasteiger partial charge < -0.3 is 4.98 Å². The summed E-state index contributed by atoms with van der Waals surface area (Å²) in [5.74, 6) is 0. The number of carbonyl (C=O) groups is 1. The number of aromatic amines is 1. The number of pyridine rings is 1. The van der Waals surface area contributed by atoms with Crippen LogP contribution in [0.1, 0.15) is 10.4 Å². The lowest BCUT2D eigenvalue weighted by Crippen LogP contribution is -2.14. The Morgan fingerprint density at radius 1 is 1.29 bits per heavy atom. The third-order valence-corrected chi connectivity index (χ3v) is 2.39. The monoisotopic (exact) mass is 251 g/mol. The molecule has 1 aromatic carbocycles. The summed E-state index contributed by atoms with van der Waals surface area (Å²) >= 11 is 2.76. The summed E-state index contributed by atoms with van der Waals surface area (Å²) in [6, 6.07) is 8.88. The minimum Gasteiger partial charge on any atom is -0.321 e. The molecule has 14 heavy (non-hydrogen) atoms. The summed E-state index contributed by atoms with van der Waals surface area (Å²) in [4.78, 5) is 25.0. The van der Waals surface area contributed by atoms with Crippen LogP contribution in [0.3, 0.4) is 0 Å². The molecule has 4 heteroatoms. The summed E-state index contributed by atoms with van der Waals surface area (Å²) < 4.78 is -0.399. The van der Waals surface area contributed by atoms with Gasteiger partial charge in [-0.05, 0) is 33.4 Å². The molecule has 2 aromatic rings. The topological polar surface area (TPSA) is 49.9 Å². The highest BCUT2D eigenvalue weighted by Gasteiger charge is 2.07. The van der Waals surface area contributed by atoms with Gasteiger partial charge in [0.1, 0.15) is 0 Å². The lowest BCUT2D eigenvalue weighted by atomic mass is 10.2. The number of para-hydroxylation sites is 1. The van der Waals surface area contributed by atoms with Crippen molar-refractivity contribution in [1.82, 2.24) is 4.98 Å². The number of H-pyrrole nitrogens is 1. The number of halogens is 1. The molecule has 0 spiro atoms.